The molecular weight excluding hydrogens is 324 g/mol. The summed E-state index contributed by atoms with van der Waals surface area (Å²) < 4.78 is 27.3. The SMILES string of the molecule is CC(c1cc(F)ccc1F)N1CCCC(C(=O)NCCN)C1.Cl. The maximum Gasteiger partial charge on any atom is 0.224 e. The molecule has 3 N–H and O–H groups in total. The number of halogens is 3. The van der Waals surface area contributed by atoms with E-state index in [9.17, 15) is 13.6 Å². The fourth-order valence-electron chi connectivity index (χ4n) is 2.94. The number of carbonyl (C=O) groups excluding carboxylic acids is 1. The lowest BCUT2D eigenvalue weighted by Crippen LogP contribution is -2.44. The predicted octanol–water partition coefficient (Wildman–Crippen LogP) is 2.23. The molecule has 0 bridgehead atoms. The first-order valence-corrected chi connectivity index (χ1v) is 7.69. The summed E-state index contributed by atoms with van der Waals surface area (Å²) in [5, 5.41) is 2.80. The van der Waals surface area contributed by atoms with Crippen molar-refractivity contribution in [3.63, 3.8) is 0 Å². The zero-order valence-corrected chi connectivity index (χ0v) is 14.0. The number of nitrogens with one attached hydrogen (secondary N) is 1. The van der Waals surface area contributed by atoms with Crippen molar-refractivity contribution in [3.05, 3.63) is 35.4 Å². The molecule has 0 saturated carbocycles. The molecule has 2 atom stereocenters. The smallest absolute Gasteiger partial charge is 0.224 e. The molecule has 2 unspecified atom stereocenters. The molecule has 1 amide bonds. The largest absolute Gasteiger partial charge is 0.355 e. The third kappa shape index (κ3) is 5.12. The molecule has 1 fully saturated rings. The van der Waals surface area contributed by atoms with E-state index in [-0.39, 0.29) is 30.3 Å². The molecule has 23 heavy (non-hydrogen) atoms. The van der Waals surface area contributed by atoms with Crippen LogP contribution in [-0.2, 0) is 4.79 Å². The molecule has 0 spiro atoms. The van der Waals surface area contributed by atoms with E-state index < -0.39 is 11.6 Å². The van der Waals surface area contributed by atoms with Gasteiger partial charge in [0.15, 0.2) is 0 Å². The second-order valence-corrected chi connectivity index (χ2v) is 5.76. The van der Waals surface area contributed by atoms with Gasteiger partial charge in [0.05, 0.1) is 5.92 Å². The van der Waals surface area contributed by atoms with Gasteiger partial charge in [-0.3, -0.25) is 9.69 Å². The second kappa shape index (κ2) is 9.15. The maximum atomic E-state index is 13.9. The van der Waals surface area contributed by atoms with Gasteiger partial charge in [-0.25, -0.2) is 8.78 Å². The van der Waals surface area contributed by atoms with Gasteiger partial charge in [-0.1, -0.05) is 0 Å². The highest BCUT2D eigenvalue weighted by Crippen LogP contribution is 2.28. The van der Waals surface area contributed by atoms with Crippen LogP contribution in [0.15, 0.2) is 18.2 Å². The van der Waals surface area contributed by atoms with Crippen molar-refractivity contribution < 1.29 is 13.6 Å². The molecule has 1 aromatic rings. The van der Waals surface area contributed by atoms with Crippen LogP contribution >= 0.6 is 12.4 Å². The van der Waals surface area contributed by atoms with E-state index in [4.69, 9.17) is 5.73 Å². The van der Waals surface area contributed by atoms with Gasteiger partial charge in [-0.15, -0.1) is 12.4 Å². The van der Waals surface area contributed by atoms with Crippen molar-refractivity contribution in [2.24, 2.45) is 11.7 Å². The van der Waals surface area contributed by atoms with E-state index >= 15 is 0 Å². The van der Waals surface area contributed by atoms with Crippen molar-refractivity contribution in [1.29, 1.82) is 0 Å². The summed E-state index contributed by atoms with van der Waals surface area (Å²) in [7, 11) is 0. The van der Waals surface area contributed by atoms with E-state index in [1.165, 1.54) is 6.07 Å². The normalized spacial score (nSPS) is 19.7. The first kappa shape index (κ1) is 19.8. The first-order valence-electron chi connectivity index (χ1n) is 7.69. The summed E-state index contributed by atoms with van der Waals surface area (Å²) in [6.45, 7) is 4.04. The molecule has 1 aromatic carbocycles. The molecule has 1 aliphatic rings. The lowest BCUT2D eigenvalue weighted by Gasteiger charge is -2.36. The van der Waals surface area contributed by atoms with E-state index in [0.29, 0.717) is 25.2 Å². The van der Waals surface area contributed by atoms with Gasteiger partial charge in [0, 0.05) is 31.2 Å². The number of piperidine rings is 1. The Balaban J connectivity index is 0.00000264. The number of hydrogen-bond donors (Lipinski definition) is 2. The number of amides is 1. The van der Waals surface area contributed by atoms with E-state index in [1.54, 1.807) is 0 Å². The molecule has 1 aliphatic heterocycles. The van der Waals surface area contributed by atoms with Crippen LogP contribution in [-0.4, -0.2) is 37.0 Å². The number of nitrogens with two attached hydrogens (primary N) is 1. The van der Waals surface area contributed by atoms with Crippen molar-refractivity contribution in [3.8, 4) is 0 Å². The van der Waals surface area contributed by atoms with Gasteiger partial charge in [0.2, 0.25) is 5.91 Å². The zero-order valence-electron chi connectivity index (χ0n) is 13.2. The van der Waals surface area contributed by atoms with Gasteiger partial charge in [0.25, 0.3) is 0 Å². The zero-order chi connectivity index (χ0) is 16.1. The van der Waals surface area contributed by atoms with Crippen LogP contribution in [0.25, 0.3) is 0 Å². The monoisotopic (exact) mass is 347 g/mol. The quantitative estimate of drug-likeness (QED) is 0.858. The number of likely N-dealkylation sites (tertiary alicyclic amines) is 1. The van der Waals surface area contributed by atoms with Crippen molar-refractivity contribution in [2.75, 3.05) is 26.2 Å². The number of rotatable bonds is 5. The van der Waals surface area contributed by atoms with E-state index in [1.807, 2.05) is 11.8 Å². The minimum Gasteiger partial charge on any atom is -0.355 e. The lowest BCUT2D eigenvalue weighted by molar-refractivity contribution is -0.126. The highest BCUT2D eigenvalue weighted by molar-refractivity contribution is 5.85. The van der Waals surface area contributed by atoms with Crippen molar-refractivity contribution in [1.82, 2.24) is 10.2 Å². The molecule has 1 heterocycles. The average Bonchev–Trinajstić information content (AvgIpc) is 2.54. The molecular formula is C16H24ClF2N3O. The molecule has 7 heteroatoms. The summed E-state index contributed by atoms with van der Waals surface area (Å²) in [6, 6.07) is 3.24. The van der Waals surface area contributed by atoms with Crippen LogP contribution < -0.4 is 11.1 Å². The summed E-state index contributed by atoms with van der Waals surface area (Å²) in [6.07, 6.45) is 1.67. The Morgan fingerprint density at radius 3 is 2.91 bits per heavy atom. The highest BCUT2D eigenvalue weighted by Gasteiger charge is 2.29. The fraction of sp³-hybridized carbons (Fsp3) is 0.562. The average molecular weight is 348 g/mol. The van der Waals surface area contributed by atoms with Crippen LogP contribution in [0.4, 0.5) is 8.78 Å². The Hall–Kier alpha value is -1.24. The summed E-state index contributed by atoms with van der Waals surface area (Å²) >= 11 is 0. The van der Waals surface area contributed by atoms with Crippen LogP contribution in [0.2, 0.25) is 0 Å². The van der Waals surface area contributed by atoms with E-state index in [2.05, 4.69) is 5.32 Å². The number of carbonyl (C=O) groups is 1. The van der Waals surface area contributed by atoms with Gasteiger partial charge < -0.3 is 11.1 Å². The van der Waals surface area contributed by atoms with Crippen LogP contribution in [0.1, 0.15) is 31.4 Å². The summed E-state index contributed by atoms with van der Waals surface area (Å²) in [5.41, 5.74) is 5.72. The molecule has 1 saturated heterocycles. The van der Waals surface area contributed by atoms with Crippen LogP contribution in [0.5, 0.6) is 0 Å². The van der Waals surface area contributed by atoms with Gasteiger partial charge in [-0.2, -0.15) is 0 Å². The highest BCUT2D eigenvalue weighted by atomic mass is 35.5. The Labute approximate surface area is 141 Å². The van der Waals surface area contributed by atoms with Gasteiger partial charge in [0.1, 0.15) is 11.6 Å². The number of nitrogens with zero attached hydrogens (tertiary/aromatic N) is 1. The topological polar surface area (TPSA) is 58.4 Å². The fourth-order valence-corrected chi connectivity index (χ4v) is 2.94. The number of hydrogen-bond acceptors (Lipinski definition) is 3. The van der Waals surface area contributed by atoms with Crippen molar-refractivity contribution >= 4 is 18.3 Å². The summed E-state index contributed by atoms with van der Waals surface area (Å²) in [4.78, 5) is 14.1. The van der Waals surface area contributed by atoms with E-state index in [0.717, 1.165) is 31.5 Å². The summed E-state index contributed by atoms with van der Waals surface area (Å²) in [5.74, 6) is -0.998. The Bertz CT molecular complexity index is 530. The molecule has 130 valence electrons. The first-order chi connectivity index (χ1) is 10.5. The number of benzene rings is 1. The second-order valence-electron chi connectivity index (χ2n) is 5.76. The minimum atomic E-state index is -0.447. The Morgan fingerprint density at radius 2 is 2.22 bits per heavy atom. The Kier molecular flexibility index (Phi) is 7.88. The minimum absolute atomic E-state index is 0. The van der Waals surface area contributed by atoms with Crippen LogP contribution in [0, 0.1) is 17.6 Å². The predicted molar refractivity (Wildman–Crippen MR) is 88.4 cm³/mol. The molecule has 4 nitrogen and oxygen atoms in total. The van der Waals surface area contributed by atoms with Crippen LogP contribution in [0.3, 0.4) is 0 Å². The van der Waals surface area contributed by atoms with Gasteiger partial charge in [-0.05, 0) is 44.5 Å². The standard InChI is InChI=1S/C16H23F2N3O.ClH/c1-11(14-9-13(17)4-5-15(14)18)21-8-2-3-12(10-21)16(22)20-7-6-19;/h4-5,9,11-12H,2-3,6-8,10,19H2,1H3,(H,20,22);1H. The maximum absolute atomic E-state index is 13.9. The van der Waals surface area contributed by atoms with Gasteiger partial charge >= 0.3 is 0 Å². The molecule has 0 aliphatic carbocycles. The lowest BCUT2D eigenvalue weighted by atomic mass is 9.94. The molecule has 0 radical (unpaired) electrons. The third-order valence-electron chi connectivity index (χ3n) is 4.22. The third-order valence-corrected chi connectivity index (χ3v) is 4.22. The van der Waals surface area contributed by atoms with Crippen molar-refractivity contribution in [2.45, 2.75) is 25.8 Å². The Morgan fingerprint density at radius 1 is 1.48 bits per heavy atom. The molecule has 0 aromatic heterocycles. The molecule has 2 rings (SSSR count).